The molecule has 0 fully saturated rings. The maximum atomic E-state index is 11.5. The number of halogens is 1. The molecule has 1 heterocycles. The van der Waals surface area contributed by atoms with Gasteiger partial charge in [-0.25, -0.2) is 0 Å². The number of aliphatic hydroxyl groups excluding tert-OH is 1. The number of hydrogen-bond donors (Lipinski definition) is 3. The van der Waals surface area contributed by atoms with Crippen LogP contribution in [0.2, 0.25) is 0 Å². The average molecular weight is 340 g/mol. The maximum absolute atomic E-state index is 11.5. The lowest BCUT2D eigenvalue weighted by Gasteiger charge is -2.14. The predicted molar refractivity (Wildman–Crippen MR) is 69.0 cm³/mol. The number of nitrogens with two attached hydrogens (primary N) is 1. The summed E-state index contributed by atoms with van der Waals surface area (Å²) in [5.74, 6) is -0.148. The van der Waals surface area contributed by atoms with Gasteiger partial charge in [0.2, 0.25) is 0 Å². The molecule has 6 heteroatoms. The third-order valence-corrected chi connectivity index (χ3v) is 3.74. The van der Waals surface area contributed by atoms with E-state index in [0.717, 1.165) is 2.88 Å². The van der Waals surface area contributed by atoms with E-state index in [2.05, 4.69) is 27.9 Å². The molecule has 0 aliphatic rings. The minimum atomic E-state index is -0.618. The zero-order valence-corrected chi connectivity index (χ0v) is 11.2. The largest absolute Gasteiger partial charge is 0.392 e. The molecule has 84 valence electrons. The van der Waals surface area contributed by atoms with E-state index in [1.165, 1.54) is 11.3 Å². The summed E-state index contributed by atoms with van der Waals surface area (Å²) < 4.78 is 1.07. The van der Waals surface area contributed by atoms with Crippen LogP contribution in [0.3, 0.4) is 0 Å². The fourth-order valence-electron chi connectivity index (χ4n) is 0.912. The van der Waals surface area contributed by atoms with Gasteiger partial charge in [-0.3, -0.25) is 4.79 Å². The second kappa shape index (κ2) is 5.78. The normalized spacial score (nSPS) is 14.7. The number of thiophene rings is 1. The minimum absolute atomic E-state index is 0.148. The van der Waals surface area contributed by atoms with Gasteiger partial charge >= 0.3 is 0 Å². The lowest BCUT2D eigenvalue weighted by atomic mass is 10.2. The summed E-state index contributed by atoms with van der Waals surface area (Å²) in [5, 5.41) is 13.6. The highest BCUT2D eigenvalue weighted by Gasteiger charge is 2.12. The van der Waals surface area contributed by atoms with Gasteiger partial charge in [0.05, 0.1) is 14.6 Å². The Morgan fingerprint density at radius 2 is 2.47 bits per heavy atom. The van der Waals surface area contributed by atoms with Crippen LogP contribution in [0, 0.1) is 2.88 Å². The molecule has 0 aliphatic carbocycles. The fraction of sp³-hybridized carbons (Fsp3) is 0.444. The Hall–Kier alpha value is -0.180. The molecule has 1 aromatic rings. The minimum Gasteiger partial charge on any atom is -0.392 e. The quantitative estimate of drug-likeness (QED) is 0.710. The molecule has 0 radical (unpaired) electrons. The Balaban J connectivity index is 2.43. The van der Waals surface area contributed by atoms with Crippen LogP contribution in [0.15, 0.2) is 11.4 Å². The van der Waals surface area contributed by atoms with E-state index >= 15 is 0 Å². The first-order chi connectivity index (χ1) is 7.00. The van der Waals surface area contributed by atoms with E-state index in [1.54, 1.807) is 12.3 Å². The Morgan fingerprint density at radius 3 is 2.93 bits per heavy atom. The van der Waals surface area contributed by atoms with Crippen LogP contribution in [0.5, 0.6) is 0 Å². The molecule has 0 aliphatic heterocycles. The van der Waals surface area contributed by atoms with E-state index in [1.807, 2.05) is 6.07 Å². The summed E-state index contributed by atoms with van der Waals surface area (Å²) >= 11 is 3.68. The van der Waals surface area contributed by atoms with E-state index in [4.69, 9.17) is 10.8 Å². The SMILES string of the molecule is CC(O)C(N)CNC(=O)c1csc(I)c1. The second-order valence-electron chi connectivity index (χ2n) is 3.25. The highest BCUT2D eigenvalue weighted by atomic mass is 127. The number of aliphatic hydroxyl groups is 1. The molecule has 0 saturated heterocycles. The standard InChI is InChI=1S/C9H13IN2O2S/c1-5(13)7(11)3-12-9(14)6-2-8(10)15-4-6/h2,4-5,7,13H,3,11H2,1H3,(H,12,14). The second-order valence-corrected chi connectivity index (χ2v) is 6.06. The van der Waals surface area contributed by atoms with Crippen molar-refractivity contribution in [2.24, 2.45) is 5.73 Å². The Bertz CT molecular complexity index is 341. The molecule has 2 unspecified atom stereocenters. The molecule has 0 aromatic carbocycles. The highest BCUT2D eigenvalue weighted by molar-refractivity contribution is 14.1. The first kappa shape index (κ1) is 12.9. The van der Waals surface area contributed by atoms with Gasteiger partial charge in [-0.1, -0.05) is 0 Å². The van der Waals surface area contributed by atoms with E-state index in [-0.39, 0.29) is 12.5 Å². The van der Waals surface area contributed by atoms with Crippen molar-refractivity contribution in [3.05, 3.63) is 19.9 Å². The van der Waals surface area contributed by atoms with E-state index in [0.29, 0.717) is 5.56 Å². The molecule has 4 N–H and O–H groups in total. The molecule has 0 saturated carbocycles. The first-order valence-corrected chi connectivity index (χ1v) is 6.42. The molecule has 1 rings (SSSR count). The number of amides is 1. The van der Waals surface area contributed by atoms with Gasteiger partial charge in [0, 0.05) is 18.0 Å². The van der Waals surface area contributed by atoms with Gasteiger partial charge in [0.25, 0.3) is 5.91 Å². The van der Waals surface area contributed by atoms with Crippen LogP contribution >= 0.6 is 33.9 Å². The molecule has 2 atom stereocenters. The van der Waals surface area contributed by atoms with Crippen molar-refractivity contribution >= 4 is 39.8 Å². The number of carbonyl (C=O) groups excluding carboxylic acids is 1. The number of nitrogens with one attached hydrogen (secondary N) is 1. The van der Waals surface area contributed by atoms with Crippen LogP contribution < -0.4 is 11.1 Å². The summed E-state index contributed by atoms with van der Waals surface area (Å²) in [6.45, 7) is 1.88. The van der Waals surface area contributed by atoms with Crippen molar-refractivity contribution in [3.8, 4) is 0 Å². The summed E-state index contributed by atoms with van der Waals surface area (Å²) in [6.07, 6.45) is -0.618. The summed E-state index contributed by atoms with van der Waals surface area (Å²) in [6, 6.07) is 1.39. The van der Waals surface area contributed by atoms with Crippen LogP contribution in [0.1, 0.15) is 17.3 Å². The lowest BCUT2D eigenvalue weighted by Crippen LogP contribution is -2.43. The maximum Gasteiger partial charge on any atom is 0.252 e. The Morgan fingerprint density at radius 1 is 1.80 bits per heavy atom. The smallest absolute Gasteiger partial charge is 0.252 e. The van der Waals surface area contributed by atoms with Gasteiger partial charge < -0.3 is 16.2 Å². The van der Waals surface area contributed by atoms with Crippen LogP contribution in [-0.2, 0) is 0 Å². The molecule has 4 nitrogen and oxygen atoms in total. The fourth-order valence-corrected chi connectivity index (χ4v) is 2.24. The van der Waals surface area contributed by atoms with Crippen LogP contribution in [0.4, 0.5) is 0 Å². The zero-order chi connectivity index (χ0) is 11.4. The number of rotatable bonds is 4. The zero-order valence-electron chi connectivity index (χ0n) is 8.24. The molecule has 0 bridgehead atoms. The first-order valence-electron chi connectivity index (χ1n) is 4.46. The van der Waals surface area contributed by atoms with Gasteiger partial charge in [0.1, 0.15) is 0 Å². The highest BCUT2D eigenvalue weighted by Crippen LogP contribution is 2.16. The molecule has 0 spiro atoms. The van der Waals surface area contributed by atoms with Crippen molar-refractivity contribution in [2.45, 2.75) is 19.1 Å². The molecule has 15 heavy (non-hydrogen) atoms. The monoisotopic (exact) mass is 340 g/mol. The van der Waals surface area contributed by atoms with Gasteiger partial charge in [-0.15, -0.1) is 11.3 Å². The Labute approximate surface area is 106 Å². The van der Waals surface area contributed by atoms with Crippen molar-refractivity contribution in [2.75, 3.05) is 6.54 Å². The van der Waals surface area contributed by atoms with Gasteiger partial charge in [0.15, 0.2) is 0 Å². The van der Waals surface area contributed by atoms with Crippen molar-refractivity contribution in [1.29, 1.82) is 0 Å². The van der Waals surface area contributed by atoms with Crippen LogP contribution in [-0.4, -0.2) is 29.7 Å². The topological polar surface area (TPSA) is 75.3 Å². The average Bonchev–Trinajstić information content (AvgIpc) is 2.60. The van der Waals surface area contributed by atoms with E-state index in [9.17, 15) is 4.79 Å². The van der Waals surface area contributed by atoms with Crippen molar-refractivity contribution in [1.82, 2.24) is 5.32 Å². The number of hydrogen-bond acceptors (Lipinski definition) is 4. The lowest BCUT2D eigenvalue weighted by molar-refractivity contribution is 0.0938. The molecule has 1 aromatic heterocycles. The molecule has 1 amide bonds. The Kier molecular flexibility index (Phi) is 4.97. The molecular weight excluding hydrogens is 327 g/mol. The predicted octanol–water partition coefficient (Wildman–Crippen LogP) is 0.791. The van der Waals surface area contributed by atoms with Crippen LogP contribution in [0.25, 0.3) is 0 Å². The van der Waals surface area contributed by atoms with Gasteiger partial charge in [-0.05, 0) is 35.6 Å². The van der Waals surface area contributed by atoms with E-state index < -0.39 is 12.1 Å². The summed E-state index contributed by atoms with van der Waals surface area (Å²) in [7, 11) is 0. The van der Waals surface area contributed by atoms with Crippen molar-refractivity contribution in [3.63, 3.8) is 0 Å². The molecular formula is C9H13IN2O2S. The van der Waals surface area contributed by atoms with Crippen molar-refractivity contribution < 1.29 is 9.90 Å². The number of carbonyl (C=O) groups is 1. The third kappa shape index (κ3) is 4.06. The third-order valence-electron chi connectivity index (χ3n) is 1.95. The summed E-state index contributed by atoms with van der Waals surface area (Å²) in [4.78, 5) is 11.5. The van der Waals surface area contributed by atoms with Gasteiger partial charge in [-0.2, -0.15) is 0 Å². The summed E-state index contributed by atoms with van der Waals surface area (Å²) in [5.41, 5.74) is 6.23.